The van der Waals surface area contributed by atoms with Crippen LogP contribution in [-0.4, -0.2) is 31.4 Å². The maximum atomic E-state index is 10.8. The van der Waals surface area contributed by atoms with E-state index in [2.05, 4.69) is 14.8 Å². The Bertz CT molecular complexity index is 194. The average Bonchev–Trinajstić information content (AvgIpc) is 2.37. The van der Waals surface area contributed by atoms with E-state index in [0.29, 0.717) is 13.0 Å². The molecule has 1 saturated heterocycles. The van der Waals surface area contributed by atoms with Crippen molar-refractivity contribution in [1.29, 1.82) is 0 Å². The molecule has 1 atom stereocenters. The third kappa shape index (κ3) is 2.09. The first kappa shape index (κ1) is 8.79. The standard InChI is InChI=1S/C6H10N2O4/c7-3-11-6(10)12-4-1-2-8-5(4)9/h4H,1-3,7H2,(H,8,9)/t4-/m0/s1. The molecule has 0 aromatic rings. The SMILES string of the molecule is NCOC(=O)O[C@H]1CCNC1=O. The van der Waals surface area contributed by atoms with Crippen LogP contribution in [0.1, 0.15) is 6.42 Å². The van der Waals surface area contributed by atoms with Crippen molar-refractivity contribution in [2.45, 2.75) is 12.5 Å². The number of nitrogens with one attached hydrogen (secondary N) is 1. The molecule has 1 heterocycles. The number of hydrogen-bond acceptors (Lipinski definition) is 5. The van der Waals surface area contributed by atoms with Crippen molar-refractivity contribution in [2.75, 3.05) is 13.3 Å². The van der Waals surface area contributed by atoms with E-state index in [0.717, 1.165) is 0 Å². The van der Waals surface area contributed by atoms with E-state index >= 15 is 0 Å². The van der Waals surface area contributed by atoms with Gasteiger partial charge in [-0.2, -0.15) is 0 Å². The van der Waals surface area contributed by atoms with Crippen molar-refractivity contribution in [2.24, 2.45) is 5.73 Å². The topological polar surface area (TPSA) is 90.7 Å². The molecule has 0 aromatic carbocycles. The first-order valence-electron chi connectivity index (χ1n) is 3.55. The quantitative estimate of drug-likeness (QED) is 0.411. The number of hydrogen-bond donors (Lipinski definition) is 2. The fourth-order valence-electron chi connectivity index (χ4n) is 0.902. The summed E-state index contributed by atoms with van der Waals surface area (Å²) < 4.78 is 8.90. The fourth-order valence-corrected chi connectivity index (χ4v) is 0.902. The summed E-state index contributed by atoms with van der Waals surface area (Å²) in [6, 6.07) is 0. The summed E-state index contributed by atoms with van der Waals surface area (Å²) in [5.74, 6) is -0.288. The van der Waals surface area contributed by atoms with Crippen LogP contribution in [-0.2, 0) is 14.3 Å². The van der Waals surface area contributed by atoms with Gasteiger partial charge in [0.1, 0.15) is 6.73 Å². The Morgan fingerprint density at radius 2 is 2.50 bits per heavy atom. The molecule has 0 bridgehead atoms. The highest BCUT2D eigenvalue weighted by atomic mass is 16.7. The van der Waals surface area contributed by atoms with Crippen molar-refractivity contribution < 1.29 is 19.1 Å². The lowest BCUT2D eigenvalue weighted by Crippen LogP contribution is -2.28. The Morgan fingerprint density at radius 1 is 1.75 bits per heavy atom. The van der Waals surface area contributed by atoms with Crippen molar-refractivity contribution in [3.8, 4) is 0 Å². The maximum Gasteiger partial charge on any atom is 0.510 e. The van der Waals surface area contributed by atoms with Crippen LogP contribution in [0.5, 0.6) is 0 Å². The Hall–Kier alpha value is -1.30. The van der Waals surface area contributed by atoms with Gasteiger partial charge < -0.3 is 14.8 Å². The van der Waals surface area contributed by atoms with E-state index in [4.69, 9.17) is 5.73 Å². The predicted molar refractivity (Wildman–Crippen MR) is 38.0 cm³/mol. The molecule has 0 saturated carbocycles. The molecular formula is C6H10N2O4. The summed E-state index contributed by atoms with van der Waals surface area (Å²) in [7, 11) is 0. The number of rotatable bonds is 2. The van der Waals surface area contributed by atoms with Gasteiger partial charge in [-0.3, -0.25) is 10.5 Å². The first-order valence-corrected chi connectivity index (χ1v) is 3.55. The molecule has 6 nitrogen and oxygen atoms in total. The Kier molecular flexibility index (Phi) is 2.87. The number of carbonyl (C=O) groups excluding carboxylic acids is 2. The van der Waals surface area contributed by atoms with Crippen LogP contribution in [0.2, 0.25) is 0 Å². The number of amides is 1. The van der Waals surface area contributed by atoms with Gasteiger partial charge in [0, 0.05) is 13.0 Å². The van der Waals surface area contributed by atoms with Crippen LogP contribution in [0.4, 0.5) is 4.79 Å². The van der Waals surface area contributed by atoms with Crippen LogP contribution in [0.15, 0.2) is 0 Å². The number of carbonyl (C=O) groups is 2. The molecule has 6 heteroatoms. The smallest absolute Gasteiger partial charge is 0.421 e. The van der Waals surface area contributed by atoms with Crippen molar-refractivity contribution in [1.82, 2.24) is 5.32 Å². The first-order chi connectivity index (χ1) is 5.74. The minimum atomic E-state index is -0.903. The second-order valence-corrected chi connectivity index (χ2v) is 2.25. The maximum absolute atomic E-state index is 10.8. The van der Waals surface area contributed by atoms with Gasteiger partial charge in [-0.15, -0.1) is 0 Å². The van der Waals surface area contributed by atoms with Crippen LogP contribution in [0, 0.1) is 0 Å². The van der Waals surface area contributed by atoms with Crippen LogP contribution in [0.25, 0.3) is 0 Å². The molecule has 1 rings (SSSR count). The van der Waals surface area contributed by atoms with Gasteiger partial charge >= 0.3 is 6.16 Å². The lowest BCUT2D eigenvalue weighted by atomic mass is 10.3. The van der Waals surface area contributed by atoms with Crippen molar-refractivity contribution in [3.05, 3.63) is 0 Å². The molecule has 3 N–H and O–H groups in total. The second-order valence-electron chi connectivity index (χ2n) is 2.25. The minimum absolute atomic E-state index is 0.243. The summed E-state index contributed by atoms with van der Waals surface area (Å²) in [4.78, 5) is 21.5. The van der Waals surface area contributed by atoms with E-state index in [-0.39, 0.29) is 12.6 Å². The molecule has 1 amide bonds. The Labute approximate surface area is 69.0 Å². The molecular weight excluding hydrogens is 164 g/mol. The zero-order chi connectivity index (χ0) is 8.97. The monoisotopic (exact) mass is 174 g/mol. The van der Waals surface area contributed by atoms with E-state index in [1.807, 2.05) is 0 Å². The molecule has 1 fully saturated rings. The fraction of sp³-hybridized carbons (Fsp3) is 0.667. The third-order valence-corrected chi connectivity index (χ3v) is 1.44. The zero-order valence-corrected chi connectivity index (χ0v) is 6.41. The highest BCUT2D eigenvalue weighted by Gasteiger charge is 2.28. The number of ether oxygens (including phenoxy) is 2. The van der Waals surface area contributed by atoms with Gasteiger partial charge in [-0.25, -0.2) is 4.79 Å². The molecule has 0 unspecified atom stereocenters. The molecule has 1 aliphatic heterocycles. The molecule has 0 aliphatic carbocycles. The van der Waals surface area contributed by atoms with E-state index < -0.39 is 12.3 Å². The minimum Gasteiger partial charge on any atom is -0.421 e. The van der Waals surface area contributed by atoms with Gasteiger partial charge in [-0.05, 0) is 0 Å². The van der Waals surface area contributed by atoms with E-state index in [9.17, 15) is 9.59 Å². The lowest BCUT2D eigenvalue weighted by molar-refractivity contribution is -0.127. The molecule has 68 valence electrons. The highest BCUT2D eigenvalue weighted by molar-refractivity contribution is 5.84. The van der Waals surface area contributed by atoms with Gasteiger partial charge in [0.25, 0.3) is 5.91 Å². The summed E-state index contributed by atoms with van der Waals surface area (Å²) in [6.45, 7) is 0.284. The molecule has 12 heavy (non-hydrogen) atoms. The average molecular weight is 174 g/mol. The van der Waals surface area contributed by atoms with Gasteiger partial charge in [-0.1, -0.05) is 0 Å². The Balaban J connectivity index is 2.30. The Morgan fingerprint density at radius 3 is 3.00 bits per heavy atom. The largest absolute Gasteiger partial charge is 0.510 e. The van der Waals surface area contributed by atoms with E-state index in [1.54, 1.807) is 0 Å². The van der Waals surface area contributed by atoms with Gasteiger partial charge in [0.05, 0.1) is 0 Å². The summed E-state index contributed by atoms with van der Waals surface area (Å²) >= 11 is 0. The van der Waals surface area contributed by atoms with Gasteiger partial charge in [0.2, 0.25) is 0 Å². The predicted octanol–water partition coefficient (Wildman–Crippen LogP) is -1.06. The second kappa shape index (κ2) is 3.91. The summed E-state index contributed by atoms with van der Waals surface area (Å²) in [5.41, 5.74) is 4.91. The van der Waals surface area contributed by atoms with Crippen molar-refractivity contribution >= 4 is 12.1 Å². The van der Waals surface area contributed by atoms with Crippen LogP contribution in [0.3, 0.4) is 0 Å². The molecule has 1 aliphatic rings. The van der Waals surface area contributed by atoms with E-state index in [1.165, 1.54) is 0 Å². The summed E-state index contributed by atoms with van der Waals surface area (Å²) in [6.07, 6.45) is -1.14. The normalized spacial score (nSPS) is 21.8. The summed E-state index contributed by atoms with van der Waals surface area (Å²) in [5, 5.41) is 2.51. The highest BCUT2D eigenvalue weighted by Crippen LogP contribution is 2.05. The molecule has 0 radical (unpaired) electrons. The third-order valence-electron chi connectivity index (χ3n) is 1.44. The number of nitrogens with two attached hydrogens (primary N) is 1. The van der Waals surface area contributed by atoms with Gasteiger partial charge in [0.15, 0.2) is 6.10 Å². The molecule has 0 aromatic heterocycles. The lowest BCUT2D eigenvalue weighted by Gasteiger charge is -2.07. The van der Waals surface area contributed by atoms with Crippen LogP contribution >= 0.6 is 0 Å². The van der Waals surface area contributed by atoms with Crippen molar-refractivity contribution in [3.63, 3.8) is 0 Å². The van der Waals surface area contributed by atoms with Crippen LogP contribution < -0.4 is 11.1 Å². The zero-order valence-electron chi connectivity index (χ0n) is 6.41. The molecule has 0 spiro atoms.